The van der Waals surface area contributed by atoms with E-state index < -0.39 is 10.8 Å². The van der Waals surface area contributed by atoms with Crippen LogP contribution in [0.4, 0.5) is 0 Å². The predicted octanol–water partition coefficient (Wildman–Crippen LogP) is 2.04. The molecule has 1 atom stereocenters. The van der Waals surface area contributed by atoms with Gasteiger partial charge in [-0.25, -0.2) is 9.19 Å². The fourth-order valence-corrected chi connectivity index (χ4v) is 3.33. The molecule has 0 spiro atoms. The Balaban J connectivity index is 2.09. The van der Waals surface area contributed by atoms with Crippen molar-refractivity contribution >= 4 is 21.8 Å². The topological polar surface area (TPSA) is 87.8 Å². The Morgan fingerprint density at radius 1 is 1.27 bits per heavy atom. The van der Waals surface area contributed by atoms with Crippen LogP contribution in [-0.4, -0.2) is 26.3 Å². The number of H-pyrrole nitrogens is 2. The SMILES string of the molecule is COc1ccc2nc(S(=O)c3[nH]cc(C)c(=O)c3C)[nH]c2c1. The molecular weight excluding hydrogens is 302 g/mol. The molecule has 0 aliphatic heterocycles. The van der Waals surface area contributed by atoms with Crippen LogP contribution in [0.3, 0.4) is 0 Å². The summed E-state index contributed by atoms with van der Waals surface area (Å²) in [6.07, 6.45) is 1.56. The predicted molar refractivity (Wildman–Crippen MR) is 83.9 cm³/mol. The molecular formula is C15H15N3O3S. The number of nitrogens with one attached hydrogen (secondary N) is 2. The molecule has 3 aromatic rings. The van der Waals surface area contributed by atoms with Crippen LogP contribution in [0.15, 0.2) is 39.4 Å². The van der Waals surface area contributed by atoms with Crippen LogP contribution in [-0.2, 0) is 10.8 Å². The summed E-state index contributed by atoms with van der Waals surface area (Å²) in [4.78, 5) is 22.2. The van der Waals surface area contributed by atoms with Gasteiger partial charge in [0.25, 0.3) is 0 Å². The number of aromatic amines is 2. The lowest BCUT2D eigenvalue weighted by molar-refractivity contribution is 0.415. The van der Waals surface area contributed by atoms with Gasteiger partial charge in [-0.05, 0) is 26.0 Å². The quantitative estimate of drug-likeness (QED) is 0.774. The van der Waals surface area contributed by atoms with E-state index in [-0.39, 0.29) is 5.43 Å². The van der Waals surface area contributed by atoms with Gasteiger partial charge < -0.3 is 14.7 Å². The van der Waals surface area contributed by atoms with E-state index >= 15 is 0 Å². The minimum atomic E-state index is -1.58. The average Bonchev–Trinajstić information content (AvgIpc) is 2.95. The molecule has 2 N–H and O–H groups in total. The van der Waals surface area contributed by atoms with Crippen LogP contribution in [0.25, 0.3) is 11.0 Å². The molecule has 0 saturated heterocycles. The highest BCUT2D eigenvalue weighted by atomic mass is 32.2. The minimum absolute atomic E-state index is 0.111. The lowest BCUT2D eigenvalue weighted by atomic mass is 10.2. The van der Waals surface area contributed by atoms with Gasteiger partial charge in [-0.3, -0.25) is 4.79 Å². The Kier molecular flexibility index (Phi) is 3.58. The first-order valence-electron chi connectivity index (χ1n) is 6.65. The zero-order valence-electron chi connectivity index (χ0n) is 12.4. The molecule has 1 unspecified atom stereocenters. The van der Waals surface area contributed by atoms with Crippen LogP contribution in [0.1, 0.15) is 11.1 Å². The van der Waals surface area contributed by atoms with Crippen molar-refractivity contribution in [2.45, 2.75) is 24.0 Å². The summed E-state index contributed by atoms with van der Waals surface area (Å²) >= 11 is 0. The number of ether oxygens (including phenoxy) is 1. The summed E-state index contributed by atoms with van der Waals surface area (Å²) in [5.74, 6) is 0.688. The monoisotopic (exact) mass is 317 g/mol. The van der Waals surface area contributed by atoms with Crippen molar-refractivity contribution in [1.29, 1.82) is 0 Å². The minimum Gasteiger partial charge on any atom is -0.497 e. The van der Waals surface area contributed by atoms with E-state index in [1.807, 2.05) is 0 Å². The van der Waals surface area contributed by atoms with Crippen LogP contribution >= 0.6 is 0 Å². The number of aromatic nitrogens is 3. The fourth-order valence-electron chi connectivity index (χ4n) is 2.22. The molecule has 0 fully saturated rings. The number of methoxy groups -OCH3 is 1. The van der Waals surface area contributed by atoms with Crippen molar-refractivity contribution in [2.24, 2.45) is 0 Å². The Morgan fingerprint density at radius 2 is 2.05 bits per heavy atom. The second-order valence-electron chi connectivity index (χ2n) is 4.95. The standard InChI is InChI=1S/C15H15N3O3S/c1-8-7-16-14(9(2)13(8)19)22(20)15-17-11-5-4-10(21-3)6-12(11)18-15/h4-7H,1-3H3,(H,16,19)(H,17,18). The van der Waals surface area contributed by atoms with Gasteiger partial charge in [0, 0.05) is 23.4 Å². The third kappa shape index (κ3) is 2.33. The van der Waals surface area contributed by atoms with Crippen molar-refractivity contribution in [3.05, 3.63) is 45.7 Å². The largest absolute Gasteiger partial charge is 0.497 e. The van der Waals surface area contributed by atoms with Crippen molar-refractivity contribution in [3.8, 4) is 5.75 Å². The number of pyridine rings is 1. The number of benzene rings is 1. The molecule has 3 rings (SSSR count). The molecule has 6 nitrogen and oxygen atoms in total. The van der Waals surface area contributed by atoms with Gasteiger partial charge in [0.1, 0.15) is 21.6 Å². The molecule has 0 aliphatic carbocycles. The number of nitrogens with zero attached hydrogens (tertiary/aromatic N) is 1. The van der Waals surface area contributed by atoms with Crippen LogP contribution < -0.4 is 10.2 Å². The van der Waals surface area contributed by atoms with Crippen LogP contribution in [0, 0.1) is 13.8 Å². The van der Waals surface area contributed by atoms with E-state index in [4.69, 9.17) is 4.74 Å². The van der Waals surface area contributed by atoms with Gasteiger partial charge in [-0.2, -0.15) is 0 Å². The van der Waals surface area contributed by atoms with Crippen molar-refractivity contribution in [3.63, 3.8) is 0 Å². The van der Waals surface area contributed by atoms with Gasteiger partial charge in [0.2, 0.25) is 5.16 Å². The number of hydrogen-bond donors (Lipinski definition) is 2. The average molecular weight is 317 g/mol. The molecule has 0 saturated carbocycles. The highest BCUT2D eigenvalue weighted by Crippen LogP contribution is 2.21. The number of hydrogen-bond acceptors (Lipinski definition) is 4. The molecule has 2 heterocycles. The molecule has 0 aliphatic rings. The van der Waals surface area contributed by atoms with Gasteiger partial charge >= 0.3 is 0 Å². The van der Waals surface area contributed by atoms with Crippen LogP contribution in [0.5, 0.6) is 5.75 Å². The molecule has 0 bridgehead atoms. The lowest BCUT2D eigenvalue weighted by Crippen LogP contribution is -2.14. The Bertz CT molecular complexity index is 943. The van der Waals surface area contributed by atoms with E-state index in [1.54, 1.807) is 45.4 Å². The summed E-state index contributed by atoms with van der Waals surface area (Å²) < 4.78 is 17.8. The first kappa shape index (κ1) is 14.5. The van der Waals surface area contributed by atoms with Gasteiger partial charge in [0.05, 0.1) is 18.1 Å². The third-order valence-electron chi connectivity index (χ3n) is 3.49. The zero-order valence-corrected chi connectivity index (χ0v) is 13.2. The molecule has 114 valence electrons. The van der Waals surface area contributed by atoms with Crippen molar-refractivity contribution in [2.75, 3.05) is 7.11 Å². The first-order chi connectivity index (χ1) is 10.5. The lowest BCUT2D eigenvalue weighted by Gasteiger charge is -2.04. The van der Waals surface area contributed by atoms with Gasteiger partial charge in [-0.1, -0.05) is 0 Å². The number of imidazole rings is 1. The smallest absolute Gasteiger partial charge is 0.203 e. The third-order valence-corrected chi connectivity index (χ3v) is 4.83. The maximum atomic E-state index is 12.7. The van der Waals surface area contributed by atoms with E-state index in [0.29, 0.717) is 32.6 Å². The Hall–Kier alpha value is -2.41. The number of fused-ring (bicyclic) bond motifs is 1. The van der Waals surface area contributed by atoms with Crippen molar-refractivity contribution in [1.82, 2.24) is 15.0 Å². The highest BCUT2D eigenvalue weighted by molar-refractivity contribution is 7.84. The molecule has 2 aromatic heterocycles. The van der Waals surface area contributed by atoms with E-state index in [0.717, 1.165) is 5.52 Å². The van der Waals surface area contributed by atoms with Crippen molar-refractivity contribution < 1.29 is 8.95 Å². The van der Waals surface area contributed by atoms with Gasteiger partial charge in [0.15, 0.2) is 5.43 Å². The molecule has 22 heavy (non-hydrogen) atoms. The molecule has 0 radical (unpaired) electrons. The number of aryl methyl sites for hydroxylation is 1. The molecule has 1 aromatic carbocycles. The summed E-state index contributed by atoms with van der Waals surface area (Å²) in [5, 5.41) is 0.660. The summed E-state index contributed by atoms with van der Waals surface area (Å²) in [6.45, 7) is 3.37. The maximum absolute atomic E-state index is 12.7. The fraction of sp³-hybridized carbons (Fsp3) is 0.200. The van der Waals surface area contributed by atoms with Crippen LogP contribution in [0.2, 0.25) is 0 Å². The molecule has 7 heteroatoms. The van der Waals surface area contributed by atoms with E-state index in [9.17, 15) is 9.00 Å². The maximum Gasteiger partial charge on any atom is 0.203 e. The van der Waals surface area contributed by atoms with E-state index in [2.05, 4.69) is 15.0 Å². The summed E-state index contributed by atoms with van der Waals surface area (Å²) in [6, 6.07) is 5.36. The van der Waals surface area contributed by atoms with E-state index in [1.165, 1.54) is 0 Å². The summed E-state index contributed by atoms with van der Waals surface area (Å²) in [7, 11) is -0.000813. The second-order valence-corrected chi connectivity index (χ2v) is 6.28. The highest BCUT2D eigenvalue weighted by Gasteiger charge is 2.17. The normalized spacial score (nSPS) is 12.5. The Morgan fingerprint density at radius 3 is 2.77 bits per heavy atom. The first-order valence-corrected chi connectivity index (χ1v) is 7.80. The second kappa shape index (κ2) is 5.42. The summed E-state index contributed by atoms with van der Waals surface area (Å²) in [5.41, 5.74) is 2.34. The molecule has 0 amide bonds. The number of rotatable bonds is 3. The van der Waals surface area contributed by atoms with Gasteiger partial charge in [-0.15, -0.1) is 0 Å². The Labute approximate surface area is 129 Å². The zero-order chi connectivity index (χ0) is 15.9.